The molecule has 1 atom stereocenters. The number of nitrogens with zero attached hydrogens (tertiary/aromatic N) is 2. The van der Waals surface area contributed by atoms with E-state index in [-0.39, 0.29) is 26.9 Å². The van der Waals surface area contributed by atoms with Gasteiger partial charge in [0.2, 0.25) is 0 Å². The van der Waals surface area contributed by atoms with Crippen LogP contribution in [0.4, 0.5) is 5.69 Å². The molecular formula is C28H22Cl2N2O5. The van der Waals surface area contributed by atoms with Gasteiger partial charge in [-0.15, -0.1) is 0 Å². The van der Waals surface area contributed by atoms with Crippen molar-refractivity contribution in [3.8, 4) is 17.6 Å². The summed E-state index contributed by atoms with van der Waals surface area (Å²) >= 11 is 12.5. The predicted octanol–water partition coefficient (Wildman–Crippen LogP) is 6.29. The molecule has 0 radical (unpaired) electrons. The zero-order valence-corrected chi connectivity index (χ0v) is 21.5. The van der Waals surface area contributed by atoms with Crippen molar-refractivity contribution in [2.75, 3.05) is 18.6 Å². The number of Topliss-reactive ketones (excluding diaryl/α,β-unsaturated/α-hetero) is 1. The van der Waals surface area contributed by atoms with E-state index in [0.29, 0.717) is 29.2 Å². The van der Waals surface area contributed by atoms with E-state index in [1.165, 1.54) is 24.1 Å². The van der Waals surface area contributed by atoms with Crippen LogP contribution < -0.4 is 14.4 Å². The molecule has 188 valence electrons. The number of ketones is 1. The van der Waals surface area contributed by atoms with E-state index < -0.39 is 23.5 Å². The summed E-state index contributed by atoms with van der Waals surface area (Å²) in [5.41, 5.74) is 1.38. The molecule has 1 unspecified atom stereocenters. The maximum absolute atomic E-state index is 13.3. The zero-order chi connectivity index (χ0) is 26.7. The lowest BCUT2D eigenvalue weighted by Crippen LogP contribution is -2.29. The van der Waals surface area contributed by atoms with Crippen molar-refractivity contribution in [3.05, 3.63) is 93.0 Å². The third-order valence-corrected chi connectivity index (χ3v) is 6.43. The molecule has 7 nitrogen and oxygen atoms in total. The van der Waals surface area contributed by atoms with Gasteiger partial charge in [-0.3, -0.25) is 14.5 Å². The number of halogens is 2. The second kappa shape index (κ2) is 11.0. The Morgan fingerprint density at radius 2 is 1.68 bits per heavy atom. The molecule has 1 aliphatic rings. The summed E-state index contributed by atoms with van der Waals surface area (Å²) in [5.74, 6) is -1.28. The molecule has 3 aromatic rings. The predicted molar refractivity (Wildman–Crippen MR) is 141 cm³/mol. The van der Waals surface area contributed by atoms with Crippen molar-refractivity contribution in [2.45, 2.75) is 19.4 Å². The van der Waals surface area contributed by atoms with Crippen LogP contribution in [-0.4, -0.2) is 30.5 Å². The van der Waals surface area contributed by atoms with Gasteiger partial charge in [0.1, 0.15) is 11.5 Å². The standard InChI is InChI=1S/C28H22Cl2N2O5/c1-3-12-37-20-10-6-17(7-11-20)24-23(25(33)18-13-21(29)27(36-2)22(30)14-18)26(34)28(35)32(24)19-8-4-16(15-31)5-9-19/h4-11,13-14,24,33H,3,12H2,1-2H3/b25-23+. The van der Waals surface area contributed by atoms with Gasteiger partial charge in [0.05, 0.1) is 47.0 Å². The fraction of sp³-hybridized carbons (Fsp3) is 0.179. The van der Waals surface area contributed by atoms with Crippen LogP contribution in [0.5, 0.6) is 11.5 Å². The lowest BCUT2D eigenvalue weighted by molar-refractivity contribution is -0.132. The van der Waals surface area contributed by atoms with E-state index in [1.807, 2.05) is 13.0 Å². The number of nitriles is 1. The summed E-state index contributed by atoms with van der Waals surface area (Å²) in [6, 6.07) is 17.1. The average Bonchev–Trinajstić information content (AvgIpc) is 3.17. The quantitative estimate of drug-likeness (QED) is 0.216. The molecule has 0 aromatic heterocycles. The maximum Gasteiger partial charge on any atom is 0.300 e. The molecule has 1 saturated heterocycles. The second-order valence-electron chi connectivity index (χ2n) is 8.22. The molecule has 1 aliphatic heterocycles. The Kier molecular flexibility index (Phi) is 7.72. The van der Waals surface area contributed by atoms with Gasteiger partial charge in [0.25, 0.3) is 11.7 Å². The summed E-state index contributed by atoms with van der Waals surface area (Å²) in [6.07, 6.45) is 0.841. The highest BCUT2D eigenvalue weighted by Crippen LogP contribution is 2.44. The molecule has 3 aromatic carbocycles. The Hall–Kier alpha value is -3.99. The van der Waals surface area contributed by atoms with Crippen LogP contribution in [0.25, 0.3) is 5.76 Å². The first-order valence-corrected chi connectivity index (χ1v) is 12.1. The minimum Gasteiger partial charge on any atom is -0.507 e. The minimum atomic E-state index is -0.965. The van der Waals surface area contributed by atoms with Crippen LogP contribution in [0.1, 0.15) is 36.1 Å². The number of methoxy groups -OCH3 is 1. The second-order valence-corrected chi connectivity index (χ2v) is 9.03. The van der Waals surface area contributed by atoms with Gasteiger partial charge in [-0.1, -0.05) is 42.3 Å². The fourth-order valence-corrected chi connectivity index (χ4v) is 4.77. The third-order valence-electron chi connectivity index (χ3n) is 5.86. The largest absolute Gasteiger partial charge is 0.507 e. The van der Waals surface area contributed by atoms with Gasteiger partial charge in [-0.2, -0.15) is 5.26 Å². The van der Waals surface area contributed by atoms with Gasteiger partial charge < -0.3 is 14.6 Å². The molecule has 0 aliphatic carbocycles. The maximum atomic E-state index is 13.3. The van der Waals surface area contributed by atoms with Crippen LogP contribution in [0.2, 0.25) is 10.0 Å². The molecule has 1 amide bonds. The van der Waals surface area contributed by atoms with Crippen LogP contribution in [-0.2, 0) is 9.59 Å². The number of anilines is 1. The SMILES string of the molecule is CCCOc1ccc(C2/C(=C(\O)c3cc(Cl)c(OC)c(Cl)c3)C(=O)C(=O)N2c2ccc(C#N)cc2)cc1. The van der Waals surface area contributed by atoms with Crippen LogP contribution in [0.3, 0.4) is 0 Å². The van der Waals surface area contributed by atoms with Crippen molar-refractivity contribution in [3.63, 3.8) is 0 Å². The van der Waals surface area contributed by atoms with Crippen molar-refractivity contribution >= 4 is 46.3 Å². The molecule has 1 fully saturated rings. The molecule has 37 heavy (non-hydrogen) atoms. The monoisotopic (exact) mass is 536 g/mol. The summed E-state index contributed by atoms with van der Waals surface area (Å²) in [4.78, 5) is 27.9. The number of benzene rings is 3. The van der Waals surface area contributed by atoms with Gasteiger partial charge in [-0.05, 0) is 60.5 Å². The zero-order valence-electron chi connectivity index (χ0n) is 20.0. The Labute approximate surface area is 224 Å². The van der Waals surface area contributed by atoms with Crippen molar-refractivity contribution in [1.29, 1.82) is 5.26 Å². The van der Waals surface area contributed by atoms with Crippen LogP contribution in [0, 0.1) is 11.3 Å². The van der Waals surface area contributed by atoms with Gasteiger partial charge >= 0.3 is 0 Å². The number of aliphatic hydroxyl groups is 1. The number of hydrogen-bond acceptors (Lipinski definition) is 6. The van der Waals surface area contributed by atoms with E-state index in [9.17, 15) is 14.7 Å². The lowest BCUT2D eigenvalue weighted by atomic mass is 9.95. The van der Waals surface area contributed by atoms with E-state index in [0.717, 1.165) is 6.42 Å². The Morgan fingerprint density at radius 1 is 1.05 bits per heavy atom. The van der Waals surface area contributed by atoms with Gasteiger partial charge in [0, 0.05) is 11.3 Å². The average molecular weight is 537 g/mol. The number of aliphatic hydroxyl groups excluding tert-OH is 1. The smallest absolute Gasteiger partial charge is 0.300 e. The number of carbonyl (C=O) groups is 2. The molecule has 4 rings (SSSR count). The van der Waals surface area contributed by atoms with E-state index >= 15 is 0 Å². The van der Waals surface area contributed by atoms with Crippen LogP contribution in [0.15, 0.2) is 66.2 Å². The Bertz CT molecular complexity index is 1400. The molecule has 1 N–H and O–H groups in total. The molecule has 0 spiro atoms. The highest BCUT2D eigenvalue weighted by atomic mass is 35.5. The number of ether oxygens (including phenoxy) is 2. The highest BCUT2D eigenvalue weighted by molar-refractivity contribution is 6.51. The van der Waals surface area contributed by atoms with Gasteiger partial charge in [0.15, 0.2) is 5.75 Å². The van der Waals surface area contributed by atoms with Crippen molar-refractivity contribution in [1.82, 2.24) is 0 Å². The molecule has 9 heteroatoms. The topological polar surface area (TPSA) is 99.9 Å². The fourth-order valence-electron chi connectivity index (χ4n) is 4.12. The third kappa shape index (κ3) is 4.99. The van der Waals surface area contributed by atoms with Gasteiger partial charge in [-0.25, -0.2) is 0 Å². The summed E-state index contributed by atoms with van der Waals surface area (Å²) in [7, 11) is 1.41. The van der Waals surface area contributed by atoms with Crippen molar-refractivity contribution in [2.24, 2.45) is 0 Å². The first-order chi connectivity index (χ1) is 17.8. The Balaban J connectivity index is 1.90. The van der Waals surface area contributed by atoms with E-state index in [1.54, 1.807) is 48.5 Å². The molecule has 0 bridgehead atoms. The number of amides is 1. The minimum absolute atomic E-state index is 0.131. The number of hydrogen-bond donors (Lipinski definition) is 1. The first-order valence-electron chi connectivity index (χ1n) is 11.4. The number of rotatable bonds is 7. The summed E-state index contributed by atoms with van der Waals surface area (Å²) in [6.45, 7) is 2.54. The Morgan fingerprint density at radius 3 is 2.22 bits per heavy atom. The molecular weight excluding hydrogens is 515 g/mol. The van der Waals surface area contributed by atoms with Crippen LogP contribution >= 0.6 is 23.2 Å². The summed E-state index contributed by atoms with van der Waals surface area (Å²) in [5, 5.41) is 20.7. The number of carbonyl (C=O) groups excluding carboxylic acids is 2. The first kappa shape index (κ1) is 26.1. The molecule has 1 heterocycles. The van der Waals surface area contributed by atoms with E-state index in [2.05, 4.69) is 0 Å². The molecule has 0 saturated carbocycles. The summed E-state index contributed by atoms with van der Waals surface area (Å²) < 4.78 is 10.8. The highest BCUT2D eigenvalue weighted by Gasteiger charge is 2.47. The lowest BCUT2D eigenvalue weighted by Gasteiger charge is -2.25. The van der Waals surface area contributed by atoms with E-state index in [4.69, 9.17) is 37.9 Å². The normalized spacial score (nSPS) is 16.5. The van der Waals surface area contributed by atoms with Crippen molar-refractivity contribution < 1.29 is 24.2 Å².